The average Bonchev–Trinajstić information content (AvgIpc) is 3.19. The Labute approximate surface area is 332 Å². The van der Waals surface area contributed by atoms with Gasteiger partial charge >= 0.3 is 11.9 Å². The molecule has 0 aromatic heterocycles. The van der Waals surface area contributed by atoms with Crippen molar-refractivity contribution in [2.24, 2.45) is 0 Å². The molecule has 54 heavy (non-hydrogen) atoms. The van der Waals surface area contributed by atoms with Crippen LogP contribution in [0.4, 0.5) is 0 Å². The molecule has 0 aliphatic heterocycles. The molecule has 0 amide bonds. The zero-order valence-corrected chi connectivity index (χ0v) is 35.4. The van der Waals surface area contributed by atoms with E-state index in [-0.39, 0.29) is 25.2 Å². The highest BCUT2D eigenvalue weighted by atomic mass is 16.5. The highest BCUT2D eigenvalue weighted by molar-refractivity contribution is 5.73. The van der Waals surface area contributed by atoms with E-state index in [2.05, 4.69) is 49.6 Å². The van der Waals surface area contributed by atoms with Crippen LogP contribution in [0.2, 0.25) is 0 Å². The summed E-state index contributed by atoms with van der Waals surface area (Å²) in [5.74, 6) is -0.297. The van der Waals surface area contributed by atoms with Gasteiger partial charge in [0.25, 0.3) is 0 Å². The quantitative estimate of drug-likeness (QED) is 0.0517. The Morgan fingerprint density at radius 2 is 0.704 bits per heavy atom. The Morgan fingerprint density at radius 3 is 1.06 bits per heavy atom. The van der Waals surface area contributed by atoms with Gasteiger partial charge in [0.1, 0.15) is 13.2 Å². The van der Waals surface area contributed by atoms with Gasteiger partial charge in [-0.15, -0.1) is 0 Å². The Balaban J connectivity index is 1.92. The third kappa shape index (κ3) is 22.6. The number of benzene rings is 2. The summed E-state index contributed by atoms with van der Waals surface area (Å²) in [6.07, 6.45) is 26.1. The molecule has 0 heterocycles. The summed E-state index contributed by atoms with van der Waals surface area (Å²) < 4.78 is 11.8. The maximum Gasteiger partial charge on any atom is 0.307 e. The summed E-state index contributed by atoms with van der Waals surface area (Å²) in [7, 11) is 0. The van der Waals surface area contributed by atoms with Crippen molar-refractivity contribution in [3.8, 4) is 11.1 Å². The minimum atomic E-state index is -0.149. The van der Waals surface area contributed by atoms with Gasteiger partial charge in [0.15, 0.2) is 0 Å². The Morgan fingerprint density at radius 1 is 0.407 bits per heavy atom. The molecule has 2 aromatic carbocycles. The van der Waals surface area contributed by atoms with E-state index in [1.807, 2.05) is 36.4 Å². The van der Waals surface area contributed by atoms with Crippen molar-refractivity contribution in [3.63, 3.8) is 0 Å². The van der Waals surface area contributed by atoms with Crippen molar-refractivity contribution >= 4 is 11.9 Å². The Kier molecular flexibility index (Phi) is 28.6. The van der Waals surface area contributed by atoms with Crippen LogP contribution in [0.5, 0.6) is 0 Å². The van der Waals surface area contributed by atoms with Crippen LogP contribution in [0.3, 0.4) is 0 Å². The molecular formula is C48H80N2O4. The van der Waals surface area contributed by atoms with Crippen molar-refractivity contribution in [2.45, 2.75) is 182 Å². The van der Waals surface area contributed by atoms with E-state index in [9.17, 15) is 9.59 Å². The van der Waals surface area contributed by atoms with Gasteiger partial charge in [-0.3, -0.25) is 9.59 Å². The lowest BCUT2D eigenvalue weighted by Gasteiger charge is -2.22. The van der Waals surface area contributed by atoms with E-state index in [0.717, 1.165) is 61.5 Å². The summed E-state index contributed by atoms with van der Waals surface area (Å²) in [6, 6.07) is 16.2. The van der Waals surface area contributed by atoms with Crippen LogP contribution in [-0.2, 0) is 32.3 Å². The standard InChI is InChI=1S/C48H80N2O4/c1-5-9-13-17-19-27-37-49(35-25-15-11-7-3)39-33-47(51)53-41-43-29-21-23-31-45(43)46-32-24-22-30-44(46)42-54-48(52)34-40-50(36-26-16-12-8-4)38-28-20-18-14-10-6-2/h21-24,29-32H,5-20,25-28,33-42H2,1-4H3. The molecule has 0 aliphatic rings. The fourth-order valence-electron chi connectivity index (χ4n) is 7.20. The second-order valence-corrected chi connectivity index (χ2v) is 15.5. The van der Waals surface area contributed by atoms with Crippen molar-refractivity contribution in [1.82, 2.24) is 9.80 Å². The van der Waals surface area contributed by atoms with Gasteiger partial charge in [0.05, 0.1) is 12.8 Å². The van der Waals surface area contributed by atoms with Crippen molar-refractivity contribution in [3.05, 3.63) is 59.7 Å². The number of carbonyl (C=O) groups is 2. The summed E-state index contributed by atoms with van der Waals surface area (Å²) >= 11 is 0. The number of carbonyl (C=O) groups excluding carboxylic acids is 2. The second kappa shape index (κ2) is 32.5. The van der Waals surface area contributed by atoms with E-state index in [1.165, 1.54) is 128 Å². The number of hydrogen-bond acceptors (Lipinski definition) is 6. The number of ether oxygens (including phenoxy) is 2. The molecule has 0 fully saturated rings. The number of nitrogens with zero attached hydrogens (tertiary/aromatic N) is 2. The first-order valence-corrected chi connectivity index (χ1v) is 22.4. The SMILES string of the molecule is CCCCCCCCN(CCCCCC)CCC(=O)OCc1ccccc1-c1ccccc1COC(=O)CCN(CCCCCC)CCCCCCCC. The monoisotopic (exact) mass is 749 g/mol. The second-order valence-electron chi connectivity index (χ2n) is 15.5. The number of rotatable bonds is 35. The van der Waals surface area contributed by atoms with Crippen LogP contribution in [0.15, 0.2) is 48.5 Å². The molecule has 0 N–H and O–H groups in total. The fourth-order valence-corrected chi connectivity index (χ4v) is 7.20. The summed E-state index contributed by atoms with van der Waals surface area (Å²) in [4.78, 5) is 31.0. The van der Waals surface area contributed by atoms with Gasteiger partial charge in [-0.2, -0.15) is 0 Å². The first-order chi connectivity index (χ1) is 26.5. The molecule has 0 bridgehead atoms. The van der Waals surface area contributed by atoms with E-state index >= 15 is 0 Å². The lowest BCUT2D eigenvalue weighted by Crippen LogP contribution is -2.29. The molecule has 6 nitrogen and oxygen atoms in total. The summed E-state index contributed by atoms with van der Waals surface area (Å²) in [6.45, 7) is 15.2. The van der Waals surface area contributed by atoms with Gasteiger partial charge in [-0.1, -0.05) is 179 Å². The van der Waals surface area contributed by atoms with Gasteiger partial charge in [0, 0.05) is 13.1 Å². The van der Waals surface area contributed by atoms with Crippen LogP contribution >= 0.6 is 0 Å². The largest absolute Gasteiger partial charge is 0.461 e. The van der Waals surface area contributed by atoms with E-state index in [4.69, 9.17) is 9.47 Å². The zero-order chi connectivity index (χ0) is 38.9. The lowest BCUT2D eigenvalue weighted by atomic mass is 9.96. The molecule has 6 heteroatoms. The molecule has 0 saturated carbocycles. The van der Waals surface area contributed by atoms with Crippen molar-refractivity contribution < 1.29 is 19.1 Å². The average molecular weight is 749 g/mol. The predicted molar refractivity (Wildman–Crippen MR) is 229 cm³/mol. The number of hydrogen-bond donors (Lipinski definition) is 0. The molecule has 306 valence electrons. The maximum absolute atomic E-state index is 13.0. The number of unbranched alkanes of at least 4 members (excludes halogenated alkanes) is 16. The highest BCUT2D eigenvalue weighted by Crippen LogP contribution is 2.28. The van der Waals surface area contributed by atoms with Crippen molar-refractivity contribution in [2.75, 3.05) is 39.3 Å². The Bertz CT molecular complexity index is 1120. The first-order valence-electron chi connectivity index (χ1n) is 22.4. The van der Waals surface area contributed by atoms with E-state index < -0.39 is 0 Å². The minimum absolute atomic E-state index is 0.149. The summed E-state index contributed by atoms with van der Waals surface area (Å²) in [5, 5.41) is 0. The molecule has 0 atom stereocenters. The van der Waals surface area contributed by atoms with E-state index in [0.29, 0.717) is 12.8 Å². The van der Waals surface area contributed by atoms with Gasteiger partial charge in [-0.25, -0.2) is 0 Å². The third-order valence-corrected chi connectivity index (χ3v) is 10.7. The molecule has 0 aliphatic carbocycles. The number of esters is 2. The van der Waals surface area contributed by atoms with Crippen LogP contribution in [-0.4, -0.2) is 61.0 Å². The van der Waals surface area contributed by atoms with Gasteiger partial charge in [0.2, 0.25) is 0 Å². The summed E-state index contributed by atoms with van der Waals surface area (Å²) in [5.41, 5.74) is 3.94. The Hall–Kier alpha value is -2.70. The van der Waals surface area contributed by atoms with Crippen molar-refractivity contribution in [1.29, 1.82) is 0 Å². The molecule has 2 rings (SSSR count). The molecule has 0 radical (unpaired) electrons. The molecule has 0 saturated heterocycles. The van der Waals surface area contributed by atoms with Crippen LogP contribution in [0.25, 0.3) is 11.1 Å². The maximum atomic E-state index is 13.0. The zero-order valence-electron chi connectivity index (χ0n) is 35.4. The van der Waals surface area contributed by atoms with Gasteiger partial charge in [-0.05, 0) is 74.1 Å². The normalized spacial score (nSPS) is 11.4. The van der Waals surface area contributed by atoms with Gasteiger partial charge < -0.3 is 19.3 Å². The predicted octanol–water partition coefficient (Wildman–Crippen LogP) is 12.7. The van der Waals surface area contributed by atoms with Crippen LogP contribution in [0, 0.1) is 0 Å². The molecular weight excluding hydrogens is 669 g/mol. The smallest absolute Gasteiger partial charge is 0.307 e. The fraction of sp³-hybridized carbons (Fsp3) is 0.708. The minimum Gasteiger partial charge on any atom is -0.461 e. The lowest BCUT2D eigenvalue weighted by molar-refractivity contribution is -0.146. The van der Waals surface area contributed by atoms with Crippen LogP contribution in [0.1, 0.15) is 180 Å². The third-order valence-electron chi connectivity index (χ3n) is 10.7. The molecule has 0 unspecified atom stereocenters. The topological polar surface area (TPSA) is 59.1 Å². The first kappa shape index (κ1) is 47.5. The molecule has 2 aromatic rings. The van der Waals surface area contributed by atoms with Crippen LogP contribution < -0.4 is 0 Å². The highest BCUT2D eigenvalue weighted by Gasteiger charge is 2.15. The molecule has 0 spiro atoms. The van der Waals surface area contributed by atoms with E-state index in [1.54, 1.807) is 0 Å².